The average molecular weight is 374 g/mol. The third-order valence-corrected chi connectivity index (χ3v) is 6.23. The molecule has 28 heavy (non-hydrogen) atoms. The third kappa shape index (κ3) is 2.20. The molecule has 6 heteroatoms. The molecule has 0 unspecified atom stereocenters. The van der Waals surface area contributed by atoms with Crippen molar-refractivity contribution in [2.24, 2.45) is 14.1 Å². The molecule has 6 nitrogen and oxygen atoms in total. The second kappa shape index (κ2) is 5.28. The minimum Gasteiger partial charge on any atom is -0.355 e. The second-order valence-electron chi connectivity index (χ2n) is 8.94. The maximum absolute atomic E-state index is 5.00. The summed E-state index contributed by atoms with van der Waals surface area (Å²) in [6.45, 7) is 8.81. The van der Waals surface area contributed by atoms with Gasteiger partial charge < -0.3 is 19.1 Å². The van der Waals surface area contributed by atoms with Crippen LogP contribution in [0.15, 0.2) is 36.7 Å². The van der Waals surface area contributed by atoms with E-state index in [9.17, 15) is 0 Å². The van der Waals surface area contributed by atoms with E-state index in [0.717, 1.165) is 45.8 Å². The molecule has 4 aromatic rings. The molecule has 5 heterocycles. The molecule has 0 radical (unpaired) electrons. The Kier molecular flexibility index (Phi) is 3.22. The Balaban J connectivity index is 1.83. The Morgan fingerprint density at radius 2 is 1.11 bits per heavy atom. The van der Waals surface area contributed by atoms with Gasteiger partial charge >= 0.3 is 0 Å². The largest absolute Gasteiger partial charge is 0.355 e. The number of aromatic nitrogens is 6. The molecule has 1 aliphatic rings. The number of fused-ring (bicyclic) bond motifs is 10. The highest BCUT2D eigenvalue weighted by Crippen LogP contribution is 2.37. The smallest absolute Gasteiger partial charge is 0.156 e. The third-order valence-electron chi connectivity index (χ3n) is 6.23. The summed E-state index contributed by atoms with van der Waals surface area (Å²) in [6, 6.07) is 8.57. The average Bonchev–Trinajstić information content (AvgIpc) is 3.39. The van der Waals surface area contributed by atoms with E-state index in [4.69, 9.17) is 9.97 Å². The van der Waals surface area contributed by atoms with Crippen LogP contribution >= 0.6 is 0 Å². The van der Waals surface area contributed by atoms with Crippen LogP contribution in [-0.2, 0) is 24.9 Å². The molecule has 1 aliphatic heterocycles. The van der Waals surface area contributed by atoms with Crippen LogP contribution in [0.3, 0.4) is 0 Å². The highest BCUT2D eigenvalue weighted by molar-refractivity contribution is 5.57. The number of aryl methyl sites for hydroxylation is 2. The van der Waals surface area contributed by atoms with Gasteiger partial charge in [-0.3, -0.25) is 0 Å². The molecule has 0 aliphatic carbocycles. The molecule has 0 saturated heterocycles. The van der Waals surface area contributed by atoms with E-state index >= 15 is 0 Å². The standard InChI is InChI=1S/C22H26N6/c1-21(2)15-9-7-13(23-15)19-25-17(11-27(19)5)22(3,4)18-12-28(6)20(26-18)14-8-10-16(21)24-14/h7-12,23-24H,1-6H3. The predicted octanol–water partition coefficient (Wildman–Crippen LogP) is 4.11. The van der Waals surface area contributed by atoms with Crippen LogP contribution in [0.1, 0.15) is 50.5 Å². The molecular weight excluding hydrogens is 348 g/mol. The van der Waals surface area contributed by atoms with Gasteiger partial charge in [-0.2, -0.15) is 0 Å². The Morgan fingerprint density at radius 3 is 1.54 bits per heavy atom. The van der Waals surface area contributed by atoms with Crippen LogP contribution in [0.5, 0.6) is 0 Å². The SMILES string of the molecule is Cn1cc2nc1-c1ccc([nH]1)C(C)(C)c1ccc([nH]1)-c1nc(cn1C)C2(C)C. The summed E-state index contributed by atoms with van der Waals surface area (Å²) in [4.78, 5) is 17.2. The summed E-state index contributed by atoms with van der Waals surface area (Å²) in [5.74, 6) is 1.87. The molecule has 0 atom stereocenters. The van der Waals surface area contributed by atoms with E-state index in [1.165, 1.54) is 0 Å². The van der Waals surface area contributed by atoms with Crippen molar-refractivity contribution in [1.82, 2.24) is 29.1 Å². The van der Waals surface area contributed by atoms with Crippen molar-refractivity contribution in [3.8, 4) is 23.0 Å². The summed E-state index contributed by atoms with van der Waals surface area (Å²) in [7, 11) is 4.10. The quantitative estimate of drug-likeness (QED) is 0.486. The summed E-state index contributed by atoms with van der Waals surface area (Å²) >= 11 is 0. The van der Waals surface area contributed by atoms with Crippen molar-refractivity contribution < 1.29 is 0 Å². The summed E-state index contributed by atoms with van der Waals surface area (Å²) < 4.78 is 4.19. The van der Waals surface area contributed by atoms with Gasteiger partial charge in [-0.25, -0.2) is 9.97 Å². The lowest BCUT2D eigenvalue weighted by Crippen LogP contribution is -2.20. The van der Waals surface area contributed by atoms with Crippen LogP contribution < -0.4 is 0 Å². The van der Waals surface area contributed by atoms with Gasteiger partial charge in [-0.1, -0.05) is 0 Å². The number of nitrogens with zero attached hydrogens (tertiary/aromatic N) is 4. The van der Waals surface area contributed by atoms with Gasteiger partial charge in [0.2, 0.25) is 0 Å². The molecular formula is C22H26N6. The maximum Gasteiger partial charge on any atom is 0.156 e. The van der Waals surface area contributed by atoms with Gasteiger partial charge in [0, 0.05) is 43.3 Å². The highest BCUT2D eigenvalue weighted by atomic mass is 15.1. The van der Waals surface area contributed by atoms with Gasteiger partial charge in [-0.05, 0) is 52.0 Å². The zero-order chi connectivity index (χ0) is 19.8. The number of hydrogen-bond donors (Lipinski definition) is 2. The first-order chi connectivity index (χ1) is 13.2. The first kappa shape index (κ1) is 17.1. The number of aromatic amines is 2. The van der Waals surface area contributed by atoms with Crippen molar-refractivity contribution >= 4 is 0 Å². The van der Waals surface area contributed by atoms with Crippen molar-refractivity contribution in [3.63, 3.8) is 0 Å². The van der Waals surface area contributed by atoms with Crippen molar-refractivity contribution in [2.75, 3.05) is 0 Å². The van der Waals surface area contributed by atoms with Crippen LogP contribution in [-0.4, -0.2) is 29.1 Å². The maximum atomic E-state index is 5.00. The topological polar surface area (TPSA) is 67.2 Å². The molecule has 0 spiro atoms. The fourth-order valence-electron chi connectivity index (χ4n) is 4.09. The van der Waals surface area contributed by atoms with Gasteiger partial charge in [0.15, 0.2) is 11.6 Å². The van der Waals surface area contributed by atoms with Crippen LogP contribution in [0.2, 0.25) is 0 Å². The number of imidazole rings is 2. The molecule has 144 valence electrons. The molecule has 4 aromatic heterocycles. The van der Waals surface area contributed by atoms with Gasteiger partial charge in [0.25, 0.3) is 0 Å². The van der Waals surface area contributed by atoms with E-state index in [2.05, 4.69) is 83.5 Å². The molecule has 0 amide bonds. The normalized spacial score (nSPS) is 16.8. The summed E-state index contributed by atoms with van der Waals surface area (Å²) in [6.07, 6.45) is 4.22. The van der Waals surface area contributed by atoms with Gasteiger partial charge in [0.1, 0.15) is 0 Å². The first-order valence-electron chi connectivity index (χ1n) is 9.65. The fourth-order valence-corrected chi connectivity index (χ4v) is 4.09. The number of H-pyrrole nitrogens is 2. The van der Waals surface area contributed by atoms with Crippen molar-refractivity contribution in [1.29, 1.82) is 0 Å². The van der Waals surface area contributed by atoms with E-state index < -0.39 is 0 Å². The lowest BCUT2D eigenvalue weighted by atomic mass is 9.86. The number of hydrogen-bond acceptors (Lipinski definition) is 2. The Morgan fingerprint density at radius 1 is 0.679 bits per heavy atom. The van der Waals surface area contributed by atoms with E-state index in [1.807, 2.05) is 14.1 Å². The Bertz CT molecular complexity index is 1100. The van der Waals surface area contributed by atoms with E-state index in [1.54, 1.807) is 0 Å². The van der Waals surface area contributed by atoms with Crippen molar-refractivity contribution in [2.45, 2.75) is 38.5 Å². The van der Waals surface area contributed by atoms with Crippen LogP contribution in [0.25, 0.3) is 23.0 Å². The van der Waals surface area contributed by atoms with E-state index in [-0.39, 0.29) is 10.8 Å². The van der Waals surface area contributed by atoms with Crippen LogP contribution in [0, 0.1) is 0 Å². The Hall–Kier alpha value is -3.02. The van der Waals surface area contributed by atoms with Gasteiger partial charge in [0.05, 0.1) is 28.2 Å². The second-order valence-corrected chi connectivity index (χ2v) is 8.94. The summed E-state index contributed by atoms with van der Waals surface area (Å²) in [5.41, 5.74) is 5.87. The minimum absolute atomic E-state index is 0.193. The lowest BCUT2D eigenvalue weighted by Gasteiger charge is -2.22. The zero-order valence-corrected chi connectivity index (χ0v) is 17.3. The zero-order valence-electron chi connectivity index (χ0n) is 17.3. The van der Waals surface area contributed by atoms with Crippen molar-refractivity contribution in [3.05, 3.63) is 59.4 Å². The lowest BCUT2D eigenvalue weighted by molar-refractivity contribution is 0.599. The molecule has 2 N–H and O–H groups in total. The predicted molar refractivity (Wildman–Crippen MR) is 110 cm³/mol. The number of nitrogens with one attached hydrogen (secondary N) is 2. The summed E-state index contributed by atoms with van der Waals surface area (Å²) in [5, 5.41) is 0. The monoisotopic (exact) mass is 374 g/mol. The van der Waals surface area contributed by atoms with Gasteiger partial charge in [-0.15, -0.1) is 0 Å². The number of rotatable bonds is 0. The van der Waals surface area contributed by atoms with Crippen LogP contribution in [0.4, 0.5) is 0 Å². The Labute approximate surface area is 164 Å². The molecule has 0 fully saturated rings. The van der Waals surface area contributed by atoms with E-state index in [0.29, 0.717) is 0 Å². The molecule has 0 saturated carbocycles. The minimum atomic E-state index is -0.305. The molecule has 5 rings (SSSR count). The first-order valence-corrected chi connectivity index (χ1v) is 9.65. The molecule has 8 bridgehead atoms. The highest BCUT2D eigenvalue weighted by Gasteiger charge is 2.33. The fraction of sp³-hybridized carbons (Fsp3) is 0.364. The molecule has 0 aromatic carbocycles.